The Labute approximate surface area is 150 Å². The summed E-state index contributed by atoms with van der Waals surface area (Å²) in [5, 5.41) is 5.12. The third kappa shape index (κ3) is 4.83. The van der Waals surface area contributed by atoms with Gasteiger partial charge in [-0.1, -0.05) is 18.7 Å². The molecule has 0 heterocycles. The van der Waals surface area contributed by atoms with Gasteiger partial charge in [-0.05, 0) is 23.8 Å². The Morgan fingerprint density at radius 3 is 2.27 bits per heavy atom. The molecule has 2 amide bonds. The summed E-state index contributed by atoms with van der Waals surface area (Å²) >= 11 is 0. The first-order valence-electron chi connectivity index (χ1n) is 7.70. The molecule has 2 rings (SSSR count). The number of hydrogen-bond donors (Lipinski definition) is 2. The number of anilines is 2. The van der Waals surface area contributed by atoms with Crippen molar-refractivity contribution in [3.05, 3.63) is 60.4 Å². The molecule has 0 bridgehead atoms. The maximum absolute atomic E-state index is 14.1. The zero-order valence-corrected chi connectivity index (χ0v) is 14.5. The number of ether oxygens (including phenoxy) is 2. The number of rotatable bonds is 7. The van der Waals surface area contributed by atoms with Crippen LogP contribution in [-0.4, -0.2) is 26.0 Å². The van der Waals surface area contributed by atoms with E-state index in [-0.39, 0.29) is 29.7 Å². The summed E-state index contributed by atoms with van der Waals surface area (Å²) in [6.07, 6.45) is 1.21. The fourth-order valence-corrected chi connectivity index (χ4v) is 2.23. The summed E-state index contributed by atoms with van der Waals surface area (Å²) in [7, 11) is 2.82. The Kier molecular flexibility index (Phi) is 6.32. The normalized spacial score (nSPS) is 9.96. The van der Waals surface area contributed by atoms with Gasteiger partial charge in [0.05, 0.1) is 26.3 Å². The van der Waals surface area contributed by atoms with Crippen LogP contribution in [0.1, 0.15) is 5.56 Å². The molecule has 0 atom stereocenters. The summed E-state index contributed by atoms with van der Waals surface area (Å²) in [5.41, 5.74) is 1.30. The van der Waals surface area contributed by atoms with Gasteiger partial charge < -0.3 is 20.1 Å². The van der Waals surface area contributed by atoms with E-state index in [0.29, 0.717) is 17.0 Å². The number of carbonyl (C=O) groups is 2. The van der Waals surface area contributed by atoms with Crippen LogP contribution < -0.4 is 20.1 Å². The molecule has 0 aliphatic rings. The Balaban J connectivity index is 2.04. The van der Waals surface area contributed by atoms with Crippen molar-refractivity contribution < 1.29 is 23.5 Å². The summed E-state index contributed by atoms with van der Waals surface area (Å²) < 4.78 is 24.2. The van der Waals surface area contributed by atoms with E-state index in [9.17, 15) is 14.0 Å². The van der Waals surface area contributed by atoms with Crippen molar-refractivity contribution in [1.29, 1.82) is 0 Å². The fraction of sp³-hybridized carbons (Fsp3) is 0.158. The molecule has 2 aromatic rings. The van der Waals surface area contributed by atoms with Gasteiger partial charge in [-0.3, -0.25) is 9.59 Å². The first-order valence-corrected chi connectivity index (χ1v) is 7.70. The number of amides is 2. The first-order chi connectivity index (χ1) is 12.5. The van der Waals surface area contributed by atoms with Crippen molar-refractivity contribution in [2.45, 2.75) is 6.42 Å². The second-order valence-corrected chi connectivity index (χ2v) is 5.30. The highest BCUT2D eigenvalue weighted by Crippen LogP contribution is 2.32. The zero-order valence-electron chi connectivity index (χ0n) is 14.5. The van der Waals surface area contributed by atoms with Crippen LogP contribution in [0.5, 0.6) is 11.5 Å². The smallest absolute Gasteiger partial charge is 0.247 e. The zero-order chi connectivity index (χ0) is 19.1. The Morgan fingerprint density at radius 2 is 1.69 bits per heavy atom. The van der Waals surface area contributed by atoms with E-state index in [1.807, 2.05) is 0 Å². The highest BCUT2D eigenvalue weighted by atomic mass is 19.1. The fourth-order valence-electron chi connectivity index (χ4n) is 2.23. The van der Waals surface area contributed by atoms with Gasteiger partial charge in [-0.15, -0.1) is 0 Å². The highest BCUT2D eigenvalue weighted by Gasteiger charge is 2.13. The Bertz CT molecular complexity index is 819. The molecule has 0 radical (unpaired) electrons. The number of hydrogen-bond acceptors (Lipinski definition) is 4. The van der Waals surface area contributed by atoms with Crippen molar-refractivity contribution in [2.75, 3.05) is 24.9 Å². The van der Waals surface area contributed by atoms with Crippen LogP contribution in [-0.2, 0) is 16.0 Å². The van der Waals surface area contributed by atoms with E-state index in [0.717, 1.165) is 6.07 Å². The van der Waals surface area contributed by atoms with Crippen LogP contribution in [0.2, 0.25) is 0 Å². The topological polar surface area (TPSA) is 76.7 Å². The van der Waals surface area contributed by atoms with Crippen LogP contribution in [0.25, 0.3) is 0 Å². The number of benzene rings is 2. The summed E-state index contributed by atoms with van der Waals surface area (Å²) in [6, 6.07) is 9.24. The SMILES string of the molecule is C=CC(=O)Nc1ccc(CC(=O)Nc2cc(OC)c(OC)cc2F)cc1. The second-order valence-electron chi connectivity index (χ2n) is 5.30. The molecule has 0 fully saturated rings. The van der Waals surface area contributed by atoms with Gasteiger partial charge in [0.25, 0.3) is 0 Å². The lowest BCUT2D eigenvalue weighted by Gasteiger charge is -2.12. The third-order valence-corrected chi connectivity index (χ3v) is 3.52. The maximum atomic E-state index is 14.1. The Morgan fingerprint density at radius 1 is 1.08 bits per heavy atom. The largest absolute Gasteiger partial charge is 0.493 e. The average Bonchev–Trinajstić information content (AvgIpc) is 2.64. The minimum atomic E-state index is -0.626. The summed E-state index contributed by atoms with van der Waals surface area (Å²) in [5.74, 6) is -0.788. The standard InChI is InChI=1S/C19H19FN2O4/c1-4-18(23)21-13-7-5-12(6-8-13)9-19(24)22-15-11-17(26-3)16(25-2)10-14(15)20/h4-8,10-11H,1,9H2,2-3H3,(H,21,23)(H,22,24). The predicted octanol–water partition coefficient (Wildman–Crippen LogP) is 3.15. The lowest BCUT2D eigenvalue weighted by atomic mass is 10.1. The molecule has 2 aromatic carbocycles. The van der Waals surface area contributed by atoms with Gasteiger partial charge in [0.2, 0.25) is 11.8 Å². The molecule has 7 heteroatoms. The molecular formula is C19H19FN2O4. The van der Waals surface area contributed by atoms with Crippen LogP contribution in [0.4, 0.5) is 15.8 Å². The quantitative estimate of drug-likeness (QED) is 0.746. The summed E-state index contributed by atoms with van der Waals surface area (Å²) in [6.45, 7) is 3.37. The molecule has 6 nitrogen and oxygen atoms in total. The summed E-state index contributed by atoms with van der Waals surface area (Å²) in [4.78, 5) is 23.4. The van der Waals surface area contributed by atoms with Crippen molar-refractivity contribution in [1.82, 2.24) is 0 Å². The third-order valence-electron chi connectivity index (χ3n) is 3.52. The molecule has 0 aliphatic carbocycles. The van der Waals surface area contributed by atoms with Gasteiger partial charge in [-0.2, -0.15) is 0 Å². The van der Waals surface area contributed by atoms with Gasteiger partial charge >= 0.3 is 0 Å². The number of nitrogens with one attached hydrogen (secondary N) is 2. The molecule has 0 unspecified atom stereocenters. The van der Waals surface area contributed by atoms with Crippen molar-refractivity contribution in [3.63, 3.8) is 0 Å². The molecule has 136 valence electrons. The van der Waals surface area contributed by atoms with E-state index in [2.05, 4.69) is 17.2 Å². The minimum Gasteiger partial charge on any atom is -0.493 e. The molecular weight excluding hydrogens is 339 g/mol. The molecule has 0 saturated carbocycles. The lowest BCUT2D eigenvalue weighted by molar-refractivity contribution is -0.115. The maximum Gasteiger partial charge on any atom is 0.247 e. The minimum absolute atomic E-state index is 0.00233. The molecule has 0 spiro atoms. The van der Waals surface area contributed by atoms with Gasteiger partial charge in [-0.25, -0.2) is 4.39 Å². The van der Waals surface area contributed by atoms with Crippen LogP contribution in [0.3, 0.4) is 0 Å². The van der Waals surface area contributed by atoms with E-state index in [4.69, 9.17) is 9.47 Å². The second kappa shape index (κ2) is 8.66. The number of methoxy groups -OCH3 is 2. The van der Waals surface area contributed by atoms with Crippen LogP contribution in [0, 0.1) is 5.82 Å². The first kappa shape index (κ1) is 19.0. The molecule has 0 aliphatic heterocycles. The van der Waals surface area contributed by atoms with E-state index in [1.165, 1.54) is 26.4 Å². The molecule has 0 aromatic heterocycles. The average molecular weight is 358 g/mol. The van der Waals surface area contributed by atoms with Gasteiger partial charge in [0.1, 0.15) is 0 Å². The molecule has 0 saturated heterocycles. The molecule has 26 heavy (non-hydrogen) atoms. The van der Waals surface area contributed by atoms with Crippen LogP contribution in [0.15, 0.2) is 49.1 Å². The monoisotopic (exact) mass is 358 g/mol. The number of halogens is 1. The van der Waals surface area contributed by atoms with E-state index >= 15 is 0 Å². The highest BCUT2D eigenvalue weighted by molar-refractivity contribution is 5.99. The van der Waals surface area contributed by atoms with Gasteiger partial charge in [0.15, 0.2) is 17.3 Å². The number of carbonyl (C=O) groups excluding carboxylic acids is 2. The van der Waals surface area contributed by atoms with Crippen molar-refractivity contribution in [3.8, 4) is 11.5 Å². The van der Waals surface area contributed by atoms with Crippen molar-refractivity contribution >= 4 is 23.2 Å². The van der Waals surface area contributed by atoms with E-state index < -0.39 is 5.82 Å². The molecule has 2 N–H and O–H groups in total. The van der Waals surface area contributed by atoms with Gasteiger partial charge in [0, 0.05) is 17.8 Å². The predicted molar refractivity (Wildman–Crippen MR) is 97.1 cm³/mol. The van der Waals surface area contributed by atoms with Crippen LogP contribution >= 0.6 is 0 Å². The van der Waals surface area contributed by atoms with Crippen molar-refractivity contribution in [2.24, 2.45) is 0 Å². The van der Waals surface area contributed by atoms with E-state index in [1.54, 1.807) is 24.3 Å². The Hall–Kier alpha value is -3.35. The lowest BCUT2D eigenvalue weighted by Crippen LogP contribution is -2.15.